The predicted molar refractivity (Wildman–Crippen MR) is 52.9 cm³/mol. The average molecular weight is 166 g/mol. The Kier molecular flexibility index (Phi) is 1.49. The van der Waals surface area contributed by atoms with Gasteiger partial charge < -0.3 is 0 Å². The van der Waals surface area contributed by atoms with E-state index < -0.39 is 0 Å². The van der Waals surface area contributed by atoms with Crippen LogP contribution in [-0.4, -0.2) is 0 Å². The maximum Gasteiger partial charge on any atom is -0.0215 e. The Bertz CT molecular complexity index is 204. The topological polar surface area (TPSA) is 0 Å². The van der Waals surface area contributed by atoms with Crippen molar-refractivity contribution in [1.29, 1.82) is 0 Å². The fourth-order valence-electron chi connectivity index (χ4n) is 4.17. The van der Waals surface area contributed by atoms with Gasteiger partial charge in [-0.2, -0.15) is 0 Å². The van der Waals surface area contributed by atoms with Crippen molar-refractivity contribution >= 4 is 0 Å². The Balaban J connectivity index is 2.33. The lowest BCUT2D eigenvalue weighted by molar-refractivity contribution is -0.170. The van der Waals surface area contributed by atoms with E-state index in [1.165, 1.54) is 12.8 Å². The molecule has 0 heteroatoms. The van der Waals surface area contributed by atoms with Gasteiger partial charge in [-0.3, -0.25) is 0 Å². The van der Waals surface area contributed by atoms with E-state index in [4.69, 9.17) is 0 Å². The summed E-state index contributed by atoms with van der Waals surface area (Å²) in [7, 11) is 0. The zero-order valence-electron chi connectivity index (χ0n) is 9.15. The molecule has 0 nitrogen and oxygen atoms in total. The fourth-order valence-corrected chi connectivity index (χ4v) is 4.17. The SMILES string of the molecule is CC1C2CCC(C)C2(C)C1(C)C. The summed E-state index contributed by atoms with van der Waals surface area (Å²) in [4.78, 5) is 0. The fraction of sp³-hybridized carbons (Fsp3) is 1.00. The molecule has 0 aromatic heterocycles. The van der Waals surface area contributed by atoms with Crippen molar-refractivity contribution in [2.45, 2.75) is 47.5 Å². The van der Waals surface area contributed by atoms with Gasteiger partial charge in [0.15, 0.2) is 0 Å². The summed E-state index contributed by atoms with van der Waals surface area (Å²) >= 11 is 0. The van der Waals surface area contributed by atoms with Gasteiger partial charge in [0, 0.05) is 0 Å². The molecule has 70 valence electrons. The molecule has 12 heavy (non-hydrogen) atoms. The Labute approximate surface area is 76.7 Å². The molecule has 2 saturated carbocycles. The van der Waals surface area contributed by atoms with E-state index in [-0.39, 0.29) is 0 Å². The molecule has 0 bridgehead atoms. The van der Waals surface area contributed by atoms with Crippen LogP contribution in [0.1, 0.15) is 47.5 Å². The number of rotatable bonds is 0. The maximum absolute atomic E-state index is 2.52. The molecular weight excluding hydrogens is 144 g/mol. The van der Waals surface area contributed by atoms with Gasteiger partial charge in [0.05, 0.1) is 0 Å². The lowest BCUT2D eigenvalue weighted by Gasteiger charge is -2.65. The molecule has 0 aromatic rings. The first-order valence-electron chi connectivity index (χ1n) is 5.42. The Morgan fingerprint density at radius 2 is 1.58 bits per heavy atom. The van der Waals surface area contributed by atoms with Crippen molar-refractivity contribution in [2.24, 2.45) is 28.6 Å². The van der Waals surface area contributed by atoms with E-state index in [0.29, 0.717) is 10.8 Å². The minimum atomic E-state index is 0.591. The predicted octanol–water partition coefficient (Wildman–Crippen LogP) is 3.71. The summed E-state index contributed by atoms with van der Waals surface area (Å²) in [5.41, 5.74) is 1.25. The highest BCUT2D eigenvalue weighted by Gasteiger charge is 2.66. The molecule has 2 aliphatic carbocycles. The molecule has 0 heterocycles. The van der Waals surface area contributed by atoms with E-state index in [2.05, 4.69) is 34.6 Å². The van der Waals surface area contributed by atoms with E-state index in [1.807, 2.05) is 0 Å². The quantitative estimate of drug-likeness (QED) is 0.514. The standard InChI is InChI=1S/C12H22/c1-8-6-7-10-9(2)11(3,4)12(8,10)5/h8-10H,6-7H2,1-5H3. The molecule has 2 rings (SSSR count). The summed E-state index contributed by atoms with van der Waals surface area (Å²) in [5, 5.41) is 0. The second-order valence-electron chi connectivity index (χ2n) is 5.88. The summed E-state index contributed by atoms with van der Waals surface area (Å²) in [6.07, 6.45) is 2.96. The van der Waals surface area contributed by atoms with Crippen LogP contribution in [0.2, 0.25) is 0 Å². The zero-order valence-corrected chi connectivity index (χ0v) is 9.15. The summed E-state index contributed by atoms with van der Waals surface area (Å²) in [6.45, 7) is 12.4. The van der Waals surface area contributed by atoms with Crippen LogP contribution >= 0.6 is 0 Å². The monoisotopic (exact) mass is 166 g/mol. The van der Waals surface area contributed by atoms with E-state index in [9.17, 15) is 0 Å². The van der Waals surface area contributed by atoms with Gasteiger partial charge in [0.25, 0.3) is 0 Å². The van der Waals surface area contributed by atoms with Crippen molar-refractivity contribution in [1.82, 2.24) is 0 Å². The van der Waals surface area contributed by atoms with Crippen LogP contribution in [-0.2, 0) is 0 Å². The molecule has 4 atom stereocenters. The molecule has 4 unspecified atom stereocenters. The first-order chi connectivity index (χ1) is 5.42. The van der Waals surface area contributed by atoms with Crippen molar-refractivity contribution in [3.63, 3.8) is 0 Å². The second-order valence-corrected chi connectivity index (χ2v) is 5.88. The molecule has 0 amide bonds. The third kappa shape index (κ3) is 0.625. The van der Waals surface area contributed by atoms with Gasteiger partial charge in [-0.15, -0.1) is 0 Å². The molecule has 0 aliphatic heterocycles. The molecule has 0 N–H and O–H groups in total. The maximum atomic E-state index is 2.52. The van der Waals surface area contributed by atoms with Crippen LogP contribution in [0.15, 0.2) is 0 Å². The van der Waals surface area contributed by atoms with Crippen LogP contribution < -0.4 is 0 Å². The molecule has 0 aromatic carbocycles. The second kappa shape index (κ2) is 2.08. The number of hydrogen-bond acceptors (Lipinski definition) is 0. The van der Waals surface area contributed by atoms with Gasteiger partial charge in [-0.25, -0.2) is 0 Å². The van der Waals surface area contributed by atoms with Crippen molar-refractivity contribution in [3.8, 4) is 0 Å². The van der Waals surface area contributed by atoms with Gasteiger partial charge in [0.2, 0.25) is 0 Å². The van der Waals surface area contributed by atoms with Gasteiger partial charge in [-0.05, 0) is 41.4 Å². The highest BCUT2D eigenvalue weighted by molar-refractivity contribution is 5.14. The summed E-state index contributed by atoms with van der Waals surface area (Å²) in [6, 6.07) is 0. The van der Waals surface area contributed by atoms with Crippen molar-refractivity contribution in [3.05, 3.63) is 0 Å². The van der Waals surface area contributed by atoms with Crippen molar-refractivity contribution in [2.75, 3.05) is 0 Å². The van der Waals surface area contributed by atoms with E-state index in [0.717, 1.165) is 17.8 Å². The van der Waals surface area contributed by atoms with Gasteiger partial charge in [-0.1, -0.05) is 34.6 Å². The van der Waals surface area contributed by atoms with Crippen LogP contribution in [0.25, 0.3) is 0 Å². The van der Waals surface area contributed by atoms with Gasteiger partial charge >= 0.3 is 0 Å². The number of fused-ring (bicyclic) bond motifs is 1. The van der Waals surface area contributed by atoms with Crippen molar-refractivity contribution < 1.29 is 0 Å². The first kappa shape index (κ1) is 8.59. The lowest BCUT2D eigenvalue weighted by Crippen LogP contribution is -2.59. The summed E-state index contributed by atoms with van der Waals surface area (Å²) in [5.74, 6) is 2.93. The smallest absolute Gasteiger partial charge is 0.0215 e. The Morgan fingerprint density at radius 3 is 2.08 bits per heavy atom. The van der Waals surface area contributed by atoms with E-state index in [1.54, 1.807) is 0 Å². The highest BCUT2D eigenvalue weighted by Crippen LogP contribution is 2.72. The van der Waals surface area contributed by atoms with Crippen LogP contribution in [0, 0.1) is 28.6 Å². The van der Waals surface area contributed by atoms with Crippen LogP contribution in [0.3, 0.4) is 0 Å². The third-order valence-electron chi connectivity index (χ3n) is 5.83. The molecular formula is C12H22. The zero-order chi connectivity index (χ0) is 9.15. The number of hydrogen-bond donors (Lipinski definition) is 0. The minimum Gasteiger partial charge on any atom is -0.0620 e. The minimum absolute atomic E-state index is 0.591. The van der Waals surface area contributed by atoms with E-state index >= 15 is 0 Å². The highest BCUT2D eigenvalue weighted by atomic mass is 14.7. The molecule has 2 fully saturated rings. The summed E-state index contributed by atoms with van der Waals surface area (Å²) < 4.78 is 0. The molecule has 0 radical (unpaired) electrons. The largest absolute Gasteiger partial charge is 0.0620 e. The molecule has 0 spiro atoms. The normalized spacial score (nSPS) is 56.2. The Morgan fingerprint density at radius 1 is 1.00 bits per heavy atom. The first-order valence-corrected chi connectivity index (χ1v) is 5.42. The molecule has 0 saturated heterocycles. The Hall–Kier alpha value is 0. The average Bonchev–Trinajstić information content (AvgIpc) is 2.28. The molecule has 2 aliphatic rings. The van der Waals surface area contributed by atoms with Gasteiger partial charge in [0.1, 0.15) is 0 Å². The lowest BCUT2D eigenvalue weighted by atomic mass is 9.40. The van der Waals surface area contributed by atoms with Crippen LogP contribution in [0.4, 0.5) is 0 Å². The van der Waals surface area contributed by atoms with Crippen LogP contribution in [0.5, 0.6) is 0 Å². The third-order valence-corrected chi connectivity index (χ3v) is 5.83.